The Morgan fingerprint density at radius 2 is 1.86 bits per heavy atom. The van der Waals surface area contributed by atoms with Crippen molar-refractivity contribution in [3.8, 4) is 33.9 Å². The lowest BCUT2D eigenvalue weighted by Gasteiger charge is -2.12. The van der Waals surface area contributed by atoms with Gasteiger partial charge in [-0.05, 0) is 34.0 Å². The zero-order valence-electron chi connectivity index (χ0n) is 20.2. The number of hydrogen-bond donors (Lipinski definition) is 1. The molecule has 3 aromatic heterocycles. The number of aliphatic imine (C=N–C) groups is 1. The molecule has 0 amide bonds. The van der Waals surface area contributed by atoms with E-state index in [-0.39, 0.29) is 5.88 Å². The number of nitrogen functional groups attached to an aromatic ring is 1. The lowest BCUT2D eigenvalue weighted by molar-refractivity contribution is -0.765. The van der Waals surface area contributed by atoms with E-state index >= 15 is 0 Å². The number of aromatic nitrogens is 3. The lowest BCUT2D eigenvalue weighted by atomic mass is 9.99. The third kappa shape index (κ3) is 4.25. The van der Waals surface area contributed by atoms with E-state index in [1.807, 2.05) is 54.6 Å². The molecule has 3 heterocycles. The molecular weight excluding hydrogens is 490 g/mol. The van der Waals surface area contributed by atoms with E-state index < -0.39 is 5.90 Å². The fourth-order valence-corrected chi connectivity index (χ4v) is 5.23. The lowest BCUT2D eigenvalue weighted by Crippen LogP contribution is -2.32. The quantitative estimate of drug-likeness (QED) is 0.196. The average Bonchev–Trinajstić information content (AvgIpc) is 3.59. The first kappa shape index (κ1) is 23.0. The van der Waals surface area contributed by atoms with Gasteiger partial charge in [-0.1, -0.05) is 36.4 Å². The Morgan fingerprint density at radius 1 is 1.08 bits per heavy atom. The first-order valence-electron chi connectivity index (χ1n) is 11.7. The van der Waals surface area contributed by atoms with E-state index in [1.165, 1.54) is 11.3 Å². The summed E-state index contributed by atoms with van der Waals surface area (Å²) < 4.78 is 17.9. The molecule has 1 fully saturated rings. The number of methoxy groups -OCH3 is 2. The molecule has 0 unspecified atom stereocenters. The van der Waals surface area contributed by atoms with Gasteiger partial charge in [0.15, 0.2) is 17.5 Å². The molecule has 0 bridgehead atoms. The minimum atomic E-state index is -0.501. The molecule has 0 atom stereocenters. The van der Waals surface area contributed by atoms with Crippen LogP contribution in [0.5, 0.6) is 11.5 Å². The number of pyridine rings is 1. The summed E-state index contributed by atoms with van der Waals surface area (Å²) >= 11 is 1.21. The van der Waals surface area contributed by atoms with Crippen LogP contribution in [0.2, 0.25) is 0 Å². The van der Waals surface area contributed by atoms with Gasteiger partial charge in [-0.2, -0.15) is 0 Å². The Hall–Kier alpha value is -4.44. The number of hydrogen-bond acceptors (Lipinski definition) is 9. The smallest absolute Gasteiger partial charge is 0.320 e. The van der Waals surface area contributed by atoms with Gasteiger partial charge in [-0.15, -0.1) is 11.3 Å². The van der Waals surface area contributed by atoms with Crippen molar-refractivity contribution in [2.24, 2.45) is 4.99 Å². The highest BCUT2D eigenvalue weighted by Crippen LogP contribution is 2.43. The molecule has 186 valence electrons. The molecule has 1 saturated carbocycles. The summed E-state index contributed by atoms with van der Waals surface area (Å²) in [6, 6.07) is 17.8. The summed E-state index contributed by atoms with van der Waals surface area (Å²) in [5, 5.41) is 17.8. The van der Waals surface area contributed by atoms with Gasteiger partial charge in [0.2, 0.25) is 5.27 Å². The van der Waals surface area contributed by atoms with Gasteiger partial charge in [0.1, 0.15) is 4.83 Å². The van der Waals surface area contributed by atoms with Crippen LogP contribution in [-0.4, -0.2) is 30.4 Å². The number of ether oxygens (including phenoxy) is 2. The van der Waals surface area contributed by atoms with Crippen LogP contribution in [0.25, 0.3) is 32.6 Å². The Labute approximate surface area is 216 Å². The van der Waals surface area contributed by atoms with Crippen molar-refractivity contribution >= 4 is 39.0 Å². The molecule has 6 rings (SSSR count). The third-order valence-corrected chi connectivity index (χ3v) is 7.35. The van der Waals surface area contributed by atoms with Crippen LogP contribution in [-0.2, 0) is 0 Å². The normalized spacial score (nSPS) is 13.7. The summed E-state index contributed by atoms with van der Waals surface area (Å²) in [5.41, 5.74) is 10.3. The Bertz CT molecular complexity index is 1640. The number of fused-ring (bicyclic) bond motifs is 1. The molecule has 10 heteroatoms. The molecule has 5 aromatic rings. The van der Waals surface area contributed by atoms with Crippen LogP contribution in [0.1, 0.15) is 23.8 Å². The fraction of sp³-hybridized carbons (Fsp3) is 0.185. The van der Waals surface area contributed by atoms with E-state index in [0.717, 1.165) is 35.2 Å². The molecule has 37 heavy (non-hydrogen) atoms. The van der Waals surface area contributed by atoms with Crippen LogP contribution in [0.15, 0.2) is 70.3 Å². The number of nitrogens with zero attached hydrogens (tertiary/aromatic N) is 4. The third-order valence-electron chi connectivity index (χ3n) is 6.26. The molecule has 1 aliphatic carbocycles. The number of benzene rings is 2. The molecule has 0 saturated heterocycles. The van der Waals surface area contributed by atoms with Crippen LogP contribution >= 0.6 is 11.3 Å². The van der Waals surface area contributed by atoms with Gasteiger partial charge >= 0.3 is 5.88 Å². The van der Waals surface area contributed by atoms with Gasteiger partial charge in [-0.3, -0.25) is 4.52 Å². The highest BCUT2D eigenvalue weighted by atomic mass is 32.1. The summed E-state index contributed by atoms with van der Waals surface area (Å²) in [6.45, 7) is 0. The second-order valence-corrected chi connectivity index (χ2v) is 9.68. The minimum Gasteiger partial charge on any atom is -0.857 e. The monoisotopic (exact) mass is 513 g/mol. The van der Waals surface area contributed by atoms with Gasteiger partial charge in [0, 0.05) is 29.7 Å². The van der Waals surface area contributed by atoms with Crippen molar-refractivity contribution in [2.45, 2.75) is 18.9 Å². The first-order chi connectivity index (χ1) is 18.1. The van der Waals surface area contributed by atoms with Crippen molar-refractivity contribution < 1.29 is 23.8 Å². The second-order valence-electron chi connectivity index (χ2n) is 8.68. The van der Waals surface area contributed by atoms with E-state index in [0.29, 0.717) is 38.3 Å². The summed E-state index contributed by atoms with van der Waals surface area (Å²) in [7, 11) is 3.18. The minimum absolute atomic E-state index is 0.145. The van der Waals surface area contributed by atoms with Gasteiger partial charge in [0.05, 0.1) is 30.5 Å². The standard InChI is InChI=1S/C27H23N5O4S/c1-34-20-11-8-16(12-21(20)35-2)18-13-19(15-6-4-3-5-7-15)29-27-23(18)24(28)25(37-27)26(33)30-22-14-32(31-36-22)17-9-10-17/h3-8,11-14,17H,9-10H2,1-2H3,(H2-,28,30,31,33). The van der Waals surface area contributed by atoms with E-state index in [9.17, 15) is 5.11 Å². The van der Waals surface area contributed by atoms with Crippen molar-refractivity contribution in [2.75, 3.05) is 20.0 Å². The van der Waals surface area contributed by atoms with Crippen molar-refractivity contribution in [3.63, 3.8) is 0 Å². The topological polar surface area (TPSA) is 123 Å². The molecule has 0 spiro atoms. The molecule has 9 nitrogen and oxygen atoms in total. The SMILES string of the molecule is COc1ccc(-c2cc(-c3ccccc3)nc3sc(/C([O-])=N/c4c[n+](C5CC5)no4)c(N)c23)cc1OC. The molecule has 2 aromatic carbocycles. The van der Waals surface area contributed by atoms with Crippen LogP contribution in [0.3, 0.4) is 0 Å². The predicted molar refractivity (Wildman–Crippen MR) is 139 cm³/mol. The van der Waals surface area contributed by atoms with E-state index in [1.54, 1.807) is 25.1 Å². The summed E-state index contributed by atoms with van der Waals surface area (Å²) in [4.78, 5) is 9.92. The number of anilines is 1. The Kier molecular flexibility index (Phi) is 5.72. The number of nitrogens with two attached hydrogens (primary N) is 1. The summed E-state index contributed by atoms with van der Waals surface area (Å²) in [5.74, 6) is 0.842. The Balaban J connectivity index is 1.52. The van der Waals surface area contributed by atoms with Gasteiger partial charge in [0.25, 0.3) is 6.20 Å². The first-order valence-corrected chi connectivity index (χ1v) is 12.5. The average molecular weight is 514 g/mol. The van der Waals surface area contributed by atoms with Crippen molar-refractivity contribution in [1.82, 2.24) is 10.3 Å². The number of rotatable bonds is 7. The van der Waals surface area contributed by atoms with Crippen molar-refractivity contribution in [1.29, 1.82) is 0 Å². The highest BCUT2D eigenvalue weighted by molar-refractivity contribution is 7.21. The second kappa shape index (κ2) is 9.21. The van der Waals surface area contributed by atoms with Crippen LogP contribution < -0.4 is 25.0 Å². The zero-order chi connectivity index (χ0) is 25.5. The predicted octanol–water partition coefficient (Wildman–Crippen LogP) is 4.28. The molecule has 1 aliphatic rings. The van der Waals surface area contributed by atoms with Crippen LogP contribution in [0.4, 0.5) is 11.6 Å². The maximum atomic E-state index is 13.2. The zero-order valence-corrected chi connectivity index (χ0v) is 21.0. The largest absolute Gasteiger partial charge is 0.857 e. The maximum Gasteiger partial charge on any atom is 0.320 e. The van der Waals surface area contributed by atoms with E-state index in [2.05, 4.69) is 10.3 Å². The van der Waals surface area contributed by atoms with Gasteiger partial charge < -0.3 is 20.3 Å². The molecule has 0 radical (unpaired) electrons. The number of thiophene rings is 1. The van der Waals surface area contributed by atoms with E-state index in [4.69, 9.17) is 24.7 Å². The molecule has 0 aliphatic heterocycles. The molecular formula is C27H23N5O4S. The van der Waals surface area contributed by atoms with Gasteiger partial charge in [-0.25, -0.2) is 9.98 Å². The molecule has 2 N–H and O–H groups in total. The summed E-state index contributed by atoms with van der Waals surface area (Å²) in [6.07, 6.45) is 3.73. The van der Waals surface area contributed by atoms with Crippen molar-refractivity contribution in [3.05, 3.63) is 65.7 Å². The fourth-order valence-electron chi connectivity index (χ4n) is 4.23. The van der Waals surface area contributed by atoms with Crippen LogP contribution in [0, 0.1) is 0 Å². The highest BCUT2D eigenvalue weighted by Gasteiger charge is 2.35. The Morgan fingerprint density at radius 3 is 2.59 bits per heavy atom. The maximum absolute atomic E-state index is 13.2.